The first-order valence-electron chi connectivity index (χ1n) is 10.0. The Bertz CT molecular complexity index is 974. The van der Waals surface area contributed by atoms with E-state index in [1.165, 1.54) is 19.3 Å². The van der Waals surface area contributed by atoms with Crippen molar-refractivity contribution in [3.05, 3.63) is 46.3 Å². The predicted molar refractivity (Wildman–Crippen MR) is 110 cm³/mol. The summed E-state index contributed by atoms with van der Waals surface area (Å²) in [6.45, 7) is 8.54. The van der Waals surface area contributed by atoms with Gasteiger partial charge in [-0.05, 0) is 51.2 Å². The lowest BCUT2D eigenvalue weighted by atomic mass is 10.1. The SMILES string of the molecule is Cc1cc(C)c(S(=O)(=O)N2CCc3nc(N4CCCCC4)ncc3C2)c(C)c1. The molecule has 0 bridgehead atoms. The van der Waals surface area contributed by atoms with Crippen LogP contribution in [-0.4, -0.2) is 42.3 Å². The molecule has 0 atom stereocenters. The molecule has 2 aliphatic rings. The molecule has 0 saturated carbocycles. The molecule has 7 heteroatoms. The number of rotatable bonds is 3. The molecule has 0 spiro atoms. The van der Waals surface area contributed by atoms with E-state index in [0.717, 1.165) is 47.0 Å². The van der Waals surface area contributed by atoms with E-state index in [1.807, 2.05) is 39.1 Å². The van der Waals surface area contributed by atoms with Crippen LogP contribution in [0.1, 0.15) is 47.2 Å². The number of aromatic nitrogens is 2. The van der Waals surface area contributed by atoms with Crippen molar-refractivity contribution >= 4 is 16.0 Å². The van der Waals surface area contributed by atoms with Crippen LogP contribution in [0.4, 0.5) is 5.95 Å². The van der Waals surface area contributed by atoms with Crippen molar-refractivity contribution in [3.63, 3.8) is 0 Å². The van der Waals surface area contributed by atoms with Gasteiger partial charge in [-0.15, -0.1) is 0 Å². The van der Waals surface area contributed by atoms with E-state index < -0.39 is 10.0 Å². The summed E-state index contributed by atoms with van der Waals surface area (Å²) in [4.78, 5) is 12.0. The first-order chi connectivity index (χ1) is 13.4. The summed E-state index contributed by atoms with van der Waals surface area (Å²) in [7, 11) is -3.55. The maximum Gasteiger partial charge on any atom is 0.243 e. The second kappa shape index (κ2) is 7.44. The van der Waals surface area contributed by atoms with Gasteiger partial charge in [0.15, 0.2) is 0 Å². The van der Waals surface area contributed by atoms with Crippen molar-refractivity contribution in [1.82, 2.24) is 14.3 Å². The predicted octanol–water partition coefficient (Wildman–Crippen LogP) is 3.14. The maximum absolute atomic E-state index is 13.3. The van der Waals surface area contributed by atoms with E-state index in [1.54, 1.807) is 4.31 Å². The van der Waals surface area contributed by atoms with Crippen molar-refractivity contribution in [1.29, 1.82) is 0 Å². The number of fused-ring (bicyclic) bond motifs is 1. The Morgan fingerprint density at radius 2 is 1.64 bits per heavy atom. The molecule has 1 aromatic carbocycles. The number of nitrogens with zero attached hydrogens (tertiary/aromatic N) is 4. The van der Waals surface area contributed by atoms with Gasteiger partial charge in [-0.25, -0.2) is 18.4 Å². The fourth-order valence-corrected chi connectivity index (χ4v) is 6.26. The highest BCUT2D eigenvalue weighted by Crippen LogP contribution is 2.29. The molecule has 2 aromatic rings. The summed E-state index contributed by atoms with van der Waals surface area (Å²) in [6, 6.07) is 3.87. The molecule has 1 aromatic heterocycles. The lowest BCUT2D eigenvalue weighted by Gasteiger charge is -2.30. The molecule has 28 heavy (non-hydrogen) atoms. The van der Waals surface area contributed by atoms with Gasteiger partial charge in [-0.2, -0.15) is 4.31 Å². The lowest BCUT2D eigenvalue weighted by Crippen LogP contribution is -2.38. The number of sulfonamides is 1. The molecule has 0 unspecified atom stereocenters. The molecule has 1 saturated heterocycles. The van der Waals surface area contributed by atoms with Crippen LogP contribution in [0.5, 0.6) is 0 Å². The summed E-state index contributed by atoms with van der Waals surface area (Å²) in [5.74, 6) is 0.792. The van der Waals surface area contributed by atoms with Crippen LogP contribution >= 0.6 is 0 Å². The Morgan fingerprint density at radius 3 is 2.32 bits per heavy atom. The van der Waals surface area contributed by atoms with E-state index in [0.29, 0.717) is 24.4 Å². The zero-order valence-corrected chi connectivity index (χ0v) is 17.7. The number of benzene rings is 1. The monoisotopic (exact) mass is 400 g/mol. The Hall–Kier alpha value is -1.99. The van der Waals surface area contributed by atoms with Gasteiger partial charge in [0.1, 0.15) is 0 Å². The van der Waals surface area contributed by atoms with Gasteiger partial charge in [0, 0.05) is 44.4 Å². The van der Waals surface area contributed by atoms with Gasteiger partial charge >= 0.3 is 0 Å². The smallest absolute Gasteiger partial charge is 0.243 e. The largest absolute Gasteiger partial charge is 0.341 e. The van der Waals surface area contributed by atoms with E-state index >= 15 is 0 Å². The fraction of sp³-hybridized carbons (Fsp3) is 0.524. The Kier molecular flexibility index (Phi) is 5.14. The third-order valence-corrected chi connectivity index (χ3v) is 7.88. The summed E-state index contributed by atoms with van der Waals surface area (Å²) in [5.41, 5.74) is 4.59. The van der Waals surface area contributed by atoms with E-state index in [2.05, 4.69) is 9.88 Å². The van der Waals surface area contributed by atoms with Crippen molar-refractivity contribution in [2.24, 2.45) is 0 Å². The summed E-state index contributed by atoms with van der Waals surface area (Å²) in [6.07, 6.45) is 6.08. The molecule has 4 rings (SSSR count). The highest BCUT2D eigenvalue weighted by Gasteiger charge is 2.32. The van der Waals surface area contributed by atoms with E-state index in [-0.39, 0.29) is 0 Å². The first-order valence-corrected chi connectivity index (χ1v) is 11.5. The molecule has 0 amide bonds. The molecule has 150 valence electrons. The fourth-order valence-electron chi connectivity index (χ4n) is 4.43. The third-order valence-electron chi connectivity index (χ3n) is 5.73. The summed E-state index contributed by atoms with van der Waals surface area (Å²) in [5, 5.41) is 0. The minimum atomic E-state index is -3.55. The second-order valence-corrected chi connectivity index (χ2v) is 9.88. The Morgan fingerprint density at radius 1 is 0.964 bits per heavy atom. The molecule has 0 N–H and O–H groups in total. The van der Waals surface area contributed by atoms with Crippen molar-refractivity contribution in [2.75, 3.05) is 24.5 Å². The van der Waals surface area contributed by atoms with Crippen LogP contribution in [0.25, 0.3) is 0 Å². The molecular formula is C21H28N4O2S. The average molecular weight is 401 g/mol. The van der Waals surface area contributed by atoms with Gasteiger partial charge in [0.25, 0.3) is 0 Å². The Labute approximate surface area is 167 Å². The molecule has 3 heterocycles. The topological polar surface area (TPSA) is 66.4 Å². The highest BCUT2D eigenvalue weighted by molar-refractivity contribution is 7.89. The minimum absolute atomic E-state index is 0.338. The van der Waals surface area contributed by atoms with Crippen LogP contribution in [0, 0.1) is 20.8 Å². The standard InChI is InChI=1S/C21H28N4O2S/c1-15-11-16(2)20(17(3)12-15)28(26,27)25-10-7-19-18(14-25)13-22-21(23-19)24-8-5-4-6-9-24/h11-13H,4-10,14H2,1-3H3. The normalized spacial score (nSPS) is 18.2. The van der Waals surface area contributed by atoms with Gasteiger partial charge < -0.3 is 4.90 Å². The zero-order chi connectivity index (χ0) is 19.9. The summed E-state index contributed by atoms with van der Waals surface area (Å²) >= 11 is 0. The van der Waals surface area contributed by atoms with E-state index in [9.17, 15) is 8.42 Å². The number of piperidine rings is 1. The van der Waals surface area contributed by atoms with Gasteiger partial charge in [-0.1, -0.05) is 17.7 Å². The van der Waals surface area contributed by atoms with Crippen LogP contribution < -0.4 is 4.90 Å². The molecule has 1 fully saturated rings. The quantitative estimate of drug-likeness (QED) is 0.792. The van der Waals surface area contributed by atoms with Crippen molar-refractivity contribution < 1.29 is 8.42 Å². The number of hydrogen-bond acceptors (Lipinski definition) is 5. The van der Waals surface area contributed by atoms with E-state index in [4.69, 9.17) is 4.98 Å². The molecule has 0 aliphatic carbocycles. The van der Waals surface area contributed by atoms with Crippen LogP contribution in [-0.2, 0) is 23.0 Å². The van der Waals surface area contributed by atoms with Crippen LogP contribution in [0.15, 0.2) is 23.2 Å². The number of hydrogen-bond donors (Lipinski definition) is 0. The van der Waals surface area contributed by atoms with Gasteiger partial charge in [-0.3, -0.25) is 0 Å². The first kappa shape index (κ1) is 19.3. The molecule has 0 radical (unpaired) electrons. The van der Waals surface area contributed by atoms with Crippen LogP contribution in [0.3, 0.4) is 0 Å². The van der Waals surface area contributed by atoms with Gasteiger partial charge in [0.2, 0.25) is 16.0 Å². The molecule has 6 nitrogen and oxygen atoms in total. The van der Waals surface area contributed by atoms with Crippen LogP contribution in [0.2, 0.25) is 0 Å². The third kappa shape index (κ3) is 3.53. The maximum atomic E-state index is 13.3. The second-order valence-electron chi connectivity index (χ2n) is 8.01. The minimum Gasteiger partial charge on any atom is -0.341 e. The summed E-state index contributed by atoms with van der Waals surface area (Å²) < 4.78 is 28.3. The van der Waals surface area contributed by atoms with Crippen molar-refractivity contribution in [2.45, 2.75) is 57.9 Å². The average Bonchev–Trinajstić information content (AvgIpc) is 2.66. The Balaban J connectivity index is 1.60. The molecule has 2 aliphatic heterocycles. The zero-order valence-electron chi connectivity index (χ0n) is 16.9. The van der Waals surface area contributed by atoms with Crippen molar-refractivity contribution in [3.8, 4) is 0 Å². The number of anilines is 1. The van der Waals surface area contributed by atoms with Gasteiger partial charge in [0.05, 0.1) is 10.6 Å². The number of aryl methyl sites for hydroxylation is 3. The lowest BCUT2D eigenvalue weighted by molar-refractivity contribution is 0.386. The molecular weight excluding hydrogens is 372 g/mol. The highest BCUT2D eigenvalue weighted by atomic mass is 32.2.